The maximum atomic E-state index is 9.60. The Balaban J connectivity index is 0. The van der Waals surface area contributed by atoms with Gasteiger partial charge in [-0.05, 0) is 6.92 Å². The molecule has 0 aliphatic carbocycles. The minimum Gasteiger partial charge on any atom is -0.480 e. The van der Waals surface area contributed by atoms with Crippen molar-refractivity contribution < 1.29 is 24.9 Å². The molecule has 0 saturated carbocycles. The lowest BCUT2D eigenvalue weighted by Gasteiger charge is -1.79. The lowest BCUT2D eigenvalue weighted by Crippen LogP contribution is -1.98. The number of aliphatic hydroxyl groups is 1. The largest absolute Gasteiger partial charge is 0.480 e. The van der Waals surface area contributed by atoms with E-state index >= 15 is 0 Å². The van der Waals surface area contributed by atoms with Gasteiger partial charge in [0, 0.05) is 5.57 Å². The van der Waals surface area contributed by atoms with Gasteiger partial charge in [-0.25, -0.2) is 9.59 Å². The zero-order chi connectivity index (χ0) is 9.44. The second-order valence-corrected chi connectivity index (χ2v) is 1.64. The molecule has 0 rings (SSSR count). The molecule has 64 valence electrons. The Labute approximate surface area is 63.6 Å². The average molecular weight is 162 g/mol. The molecule has 0 amide bonds. The molecular formula is C6H10O5. The van der Waals surface area contributed by atoms with Crippen LogP contribution in [0.4, 0.5) is 0 Å². The van der Waals surface area contributed by atoms with Gasteiger partial charge in [0.2, 0.25) is 0 Å². The normalized spacial score (nSPS) is 7.45. The van der Waals surface area contributed by atoms with Gasteiger partial charge in [0.15, 0.2) is 0 Å². The zero-order valence-electron chi connectivity index (χ0n) is 6.07. The van der Waals surface area contributed by atoms with Gasteiger partial charge in [-0.1, -0.05) is 6.58 Å². The van der Waals surface area contributed by atoms with Crippen molar-refractivity contribution in [2.45, 2.75) is 6.92 Å². The van der Waals surface area contributed by atoms with E-state index in [-0.39, 0.29) is 5.57 Å². The molecule has 0 aromatic rings. The SMILES string of the molecule is C=C(C)C(=O)O.O=C(O)CO. The molecule has 0 fully saturated rings. The average Bonchev–Trinajstić information content (AvgIpc) is 1.89. The van der Waals surface area contributed by atoms with Crippen molar-refractivity contribution in [1.29, 1.82) is 0 Å². The molecule has 0 bridgehead atoms. The molecule has 0 unspecified atom stereocenters. The number of aliphatic carboxylic acids is 2. The lowest BCUT2D eigenvalue weighted by molar-refractivity contribution is -0.140. The second-order valence-electron chi connectivity index (χ2n) is 1.64. The highest BCUT2D eigenvalue weighted by molar-refractivity contribution is 5.84. The van der Waals surface area contributed by atoms with E-state index in [4.69, 9.17) is 20.1 Å². The minimum absolute atomic E-state index is 0.176. The van der Waals surface area contributed by atoms with E-state index in [1.54, 1.807) is 0 Å². The molecule has 0 saturated heterocycles. The van der Waals surface area contributed by atoms with Gasteiger partial charge in [-0.2, -0.15) is 0 Å². The Morgan fingerprint density at radius 1 is 1.36 bits per heavy atom. The van der Waals surface area contributed by atoms with Crippen LogP contribution in [0.15, 0.2) is 12.2 Å². The van der Waals surface area contributed by atoms with Crippen LogP contribution in [-0.4, -0.2) is 33.9 Å². The molecular weight excluding hydrogens is 152 g/mol. The van der Waals surface area contributed by atoms with Crippen molar-refractivity contribution >= 4 is 11.9 Å². The van der Waals surface area contributed by atoms with Crippen molar-refractivity contribution in [3.63, 3.8) is 0 Å². The summed E-state index contributed by atoms with van der Waals surface area (Å²) in [5, 5.41) is 22.9. The number of rotatable bonds is 2. The Bertz CT molecular complexity index is 148. The fourth-order valence-electron chi connectivity index (χ4n) is 0. The van der Waals surface area contributed by atoms with Gasteiger partial charge in [-0.15, -0.1) is 0 Å². The molecule has 0 aromatic heterocycles. The van der Waals surface area contributed by atoms with Crippen LogP contribution in [0.5, 0.6) is 0 Å². The van der Waals surface area contributed by atoms with E-state index in [2.05, 4.69) is 6.58 Å². The first-order chi connectivity index (χ1) is 4.91. The van der Waals surface area contributed by atoms with Crippen LogP contribution < -0.4 is 0 Å². The Hall–Kier alpha value is -1.36. The quantitative estimate of drug-likeness (QED) is 0.485. The number of hydrogen-bond acceptors (Lipinski definition) is 3. The first-order valence-corrected chi connectivity index (χ1v) is 2.63. The maximum absolute atomic E-state index is 9.60. The lowest BCUT2D eigenvalue weighted by atomic mass is 10.4. The minimum atomic E-state index is -1.19. The van der Waals surface area contributed by atoms with E-state index in [1.165, 1.54) is 6.92 Å². The first kappa shape index (κ1) is 12.3. The highest BCUT2D eigenvalue weighted by Crippen LogP contribution is 1.81. The number of hydrogen-bond donors (Lipinski definition) is 3. The summed E-state index contributed by atoms with van der Waals surface area (Å²) in [6.07, 6.45) is 0. The van der Waals surface area contributed by atoms with Crippen LogP contribution in [0.2, 0.25) is 0 Å². The third-order valence-corrected chi connectivity index (χ3v) is 0.500. The summed E-state index contributed by atoms with van der Waals surface area (Å²) in [5.41, 5.74) is 0.176. The molecule has 0 heterocycles. The van der Waals surface area contributed by atoms with Gasteiger partial charge in [0.05, 0.1) is 0 Å². The fourth-order valence-corrected chi connectivity index (χ4v) is 0. The topological polar surface area (TPSA) is 94.8 Å². The number of carbonyl (C=O) groups is 2. The van der Waals surface area contributed by atoms with Crippen LogP contribution in [0.25, 0.3) is 0 Å². The Morgan fingerprint density at radius 2 is 1.55 bits per heavy atom. The number of carboxylic acid groups (broad SMARTS) is 2. The summed E-state index contributed by atoms with van der Waals surface area (Å²) in [5.74, 6) is -2.12. The monoisotopic (exact) mass is 162 g/mol. The molecule has 3 N–H and O–H groups in total. The van der Waals surface area contributed by atoms with Crippen LogP contribution in [-0.2, 0) is 9.59 Å². The van der Waals surface area contributed by atoms with E-state index in [0.717, 1.165) is 0 Å². The molecule has 0 atom stereocenters. The van der Waals surface area contributed by atoms with E-state index in [1.807, 2.05) is 0 Å². The van der Waals surface area contributed by atoms with Gasteiger partial charge in [0.1, 0.15) is 6.61 Å². The molecule has 0 aromatic carbocycles. The standard InChI is InChI=1S/C4H6O2.C2H4O3/c1-3(2)4(5)6;3-1-2(4)5/h1H2,2H3,(H,5,6);3H,1H2,(H,4,5). The molecule has 0 spiro atoms. The molecule has 5 heteroatoms. The predicted molar refractivity (Wildman–Crippen MR) is 37.2 cm³/mol. The van der Waals surface area contributed by atoms with Crippen LogP contribution in [0.1, 0.15) is 6.92 Å². The third-order valence-electron chi connectivity index (χ3n) is 0.500. The highest BCUT2D eigenvalue weighted by atomic mass is 16.4. The second kappa shape index (κ2) is 6.76. The number of aliphatic hydroxyl groups excluding tert-OH is 1. The maximum Gasteiger partial charge on any atom is 0.330 e. The summed E-state index contributed by atoms with van der Waals surface area (Å²) >= 11 is 0. The van der Waals surface area contributed by atoms with E-state index in [9.17, 15) is 4.79 Å². The summed E-state index contributed by atoms with van der Waals surface area (Å²) in [6.45, 7) is 3.82. The Morgan fingerprint density at radius 3 is 1.55 bits per heavy atom. The van der Waals surface area contributed by atoms with E-state index in [0.29, 0.717) is 0 Å². The van der Waals surface area contributed by atoms with E-state index < -0.39 is 18.5 Å². The molecule has 0 radical (unpaired) electrons. The number of carboxylic acids is 2. The molecule has 5 nitrogen and oxygen atoms in total. The highest BCUT2D eigenvalue weighted by Gasteiger charge is 1.90. The summed E-state index contributed by atoms with van der Waals surface area (Å²) < 4.78 is 0. The predicted octanol–water partition coefficient (Wildman–Crippen LogP) is -0.290. The van der Waals surface area contributed by atoms with Crippen molar-refractivity contribution in [2.24, 2.45) is 0 Å². The zero-order valence-corrected chi connectivity index (χ0v) is 6.07. The summed E-state index contributed by atoms with van der Waals surface area (Å²) in [7, 11) is 0. The Kier molecular flexibility index (Phi) is 7.57. The fraction of sp³-hybridized carbons (Fsp3) is 0.333. The van der Waals surface area contributed by atoms with Crippen LogP contribution in [0.3, 0.4) is 0 Å². The summed E-state index contributed by atoms with van der Waals surface area (Å²) in [6, 6.07) is 0. The van der Waals surface area contributed by atoms with Gasteiger partial charge in [0.25, 0.3) is 0 Å². The first-order valence-electron chi connectivity index (χ1n) is 2.63. The van der Waals surface area contributed by atoms with Crippen molar-refractivity contribution in [3.8, 4) is 0 Å². The van der Waals surface area contributed by atoms with Gasteiger partial charge in [-0.3, -0.25) is 0 Å². The molecule has 11 heavy (non-hydrogen) atoms. The van der Waals surface area contributed by atoms with Crippen molar-refractivity contribution in [2.75, 3.05) is 6.61 Å². The summed E-state index contributed by atoms with van der Waals surface area (Å²) in [4.78, 5) is 18.7. The van der Waals surface area contributed by atoms with Gasteiger partial charge < -0.3 is 15.3 Å². The van der Waals surface area contributed by atoms with Crippen LogP contribution >= 0.6 is 0 Å². The molecule has 0 aliphatic rings. The molecule has 0 aliphatic heterocycles. The smallest absolute Gasteiger partial charge is 0.330 e. The van der Waals surface area contributed by atoms with Crippen molar-refractivity contribution in [1.82, 2.24) is 0 Å². The van der Waals surface area contributed by atoms with Gasteiger partial charge >= 0.3 is 11.9 Å². The third kappa shape index (κ3) is 17.7. The van der Waals surface area contributed by atoms with Crippen LogP contribution in [0, 0.1) is 0 Å². The van der Waals surface area contributed by atoms with Crippen molar-refractivity contribution in [3.05, 3.63) is 12.2 Å².